The van der Waals surface area contributed by atoms with Gasteiger partial charge in [0.15, 0.2) is 5.82 Å². The van der Waals surface area contributed by atoms with E-state index in [9.17, 15) is 0 Å². The lowest BCUT2D eigenvalue weighted by atomic mass is 10.3. The number of para-hydroxylation sites is 1. The van der Waals surface area contributed by atoms with Crippen LogP contribution in [0, 0.1) is 0 Å². The van der Waals surface area contributed by atoms with Gasteiger partial charge in [-0.1, -0.05) is 23.7 Å². The highest BCUT2D eigenvalue weighted by Gasteiger charge is 2.08. The minimum atomic E-state index is 0.313. The van der Waals surface area contributed by atoms with Gasteiger partial charge >= 0.3 is 0 Å². The van der Waals surface area contributed by atoms with Gasteiger partial charge in [0, 0.05) is 7.05 Å². The quantitative estimate of drug-likeness (QED) is 0.896. The summed E-state index contributed by atoms with van der Waals surface area (Å²) in [5.41, 5.74) is 5.51. The van der Waals surface area contributed by atoms with Crippen molar-refractivity contribution < 1.29 is 4.74 Å². The maximum Gasteiger partial charge on any atom is 0.170 e. The van der Waals surface area contributed by atoms with Crippen LogP contribution in [-0.4, -0.2) is 14.8 Å². The molecule has 0 bridgehead atoms. The van der Waals surface area contributed by atoms with Gasteiger partial charge in [-0.2, -0.15) is 0 Å². The fraction of sp³-hybridized carbons (Fsp3) is 0.273. The van der Waals surface area contributed by atoms with Crippen LogP contribution in [0.3, 0.4) is 0 Å². The van der Waals surface area contributed by atoms with Gasteiger partial charge in [0.2, 0.25) is 0 Å². The minimum absolute atomic E-state index is 0.313. The lowest BCUT2D eigenvalue weighted by molar-refractivity contribution is 0.291. The Morgan fingerprint density at radius 3 is 2.65 bits per heavy atom. The van der Waals surface area contributed by atoms with Crippen LogP contribution in [0.1, 0.15) is 11.6 Å². The molecule has 0 aliphatic rings. The molecule has 17 heavy (non-hydrogen) atoms. The van der Waals surface area contributed by atoms with Crippen molar-refractivity contribution in [2.75, 3.05) is 0 Å². The monoisotopic (exact) mass is 252 g/mol. The van der Waals surface area contributed by atoms with E-state index >= 15 is 0 Å². The van der Waals surface area contributed by atoms with Crippen molar-refractivity contribution in [2.24, 2.45) is 12.8 Å². The van der Waals surface area contributed by atoms with Gasteiger partial charge in [0.05, 0.1) is 11.6 Å². The summed E-state index contributed by atoms with van der Waals surface area (Å²) in [5.74, 6) is 2.07. The predicted molar refractivity (Wildman–Crippen MR) is 64.7 cm³/mol. The molecule has 5 nitrogen and oxygen atoms in total. The van der Waals surface area contributed by atoms with Crippen LogP contribution in [0.15, 0.2) is 24.3 Å². The maximum atomic E-state index is 5.97. The van der Waals surface area contributed by atoms with Gasteiger partial charge < -0.3 is 15.0 Å². The number of hydrogen-bond donors (Lipinski definition) is 1. The van der Waals surface area contributed by atoms with Gasteiger partial charge in [0.1, 0.15) is 18.2 Å². The number of halogens is 1. The molecule has 0 saturated heterocycles. The van der Waals surface area contributed by atoms with Crippen LogP contribution >= 0.6 is 11.6 Å². The second-order valence-corrected chi connectivity index (χ2v) is 3.92. The summed E-state index contributed by atoms with van der Waals surface area (Å²) in [6.45, 7) is 0.669. The molecule has 2 aromatic rings. The fourth-order valence-corrected chi connectivity index (χ4v) is 1.60. The second kappa shape index (κ2) is 5.16. The molecule has 0 aliphatic carbocycles. The van der Waals surface area contributed by atoms with Gasteiger partial charge in [0.25, 0.3) is 0 Å². The molecule has 1 aromatic heterocycles. The predicted octanol–water partition coefficient (Wildman–Crippen LogP) is 1.51. The van der Waals surface area contributed by atoms with Crippen molar-refractivity contribution in [1.82, 2.24) is 14.8 Å². The first kappa shape index (κ1) is 11.9. The van der Waals surface area contributed by atoms with E-state index in [1.165, 1.54) is 0 Å². The Morgan fingerprint density at radius 2 is 2.00 bits per heavy atom. The zero-order valence-corrected chi connectivity index (χ0v) is 10.2. The number of hydrogen-bond acceptors (Lipinski definition) is 4. The zero-order valence-electron chi connectivity index (χ0n) is 9.43. The van der Waals surface area contributed by atoms with Gasteiger partial charge in [-0.05, 0) is 12.1 Å². The molecular weight excluding hydrogens is 240 g/mol. The van der Waals surface area contributed by atoms with E-state index in [4.69, 9.17) is 22.1 Å². The van der Waals surface area contributed by atoms with Gasteiger partial charge in [-0.15, -0.1) is 10.2 Å². The van der Waals surface area contributed by atoms with Crippen molar-refractivity contribution in [3.05, 3.63) is 40.9 Å². The van der Waals surface area contributed by atoms with Crippen LogP contribution in [0.2, 0.25) is 5.02 Å². The lowest BCUT2D eigenvalue weighted by Crippen LogP contribution is -2.08. The van der Waals surface area contributed by atoms with E-state index in [1.54, 1.807) is 6.07 Å². The molecular formula is C11H13ClN4O. The number of aromatic nitrogens is 3. The Morgan fingerprint density at radius 1 is 1.29 bits per heavy atom. The summed E-state index contributed by atoms with van der Waals surface area (Å²) in [7, 11) is 1.85. The zero-order chi connectivity index (χ0) is 12.3. The Labute approximate surface area is 104 Å². The van der Waals surface area contributed by atoms with E-state index in [1.807, 2.05) is 29.8 Å². The summed E-state index contributed by atoms with van der Waals surface area (Å²) in [4.78, 5) is 0. The normalized spacial score (nSPS) is 10.5. The first-order valence-corrected chi connectivity index (χ1v) is 5.54. The summed E-state index contributed by atoms with van der Waals surface area (Å²) >= 11 is 5.97. The number of nitrogens with zero attached hydrogens (tertiary/aromatic N) is 3. The van der Waals surface area contributed by atoms with Crippen molar-refractivity contribution in [1.29, 1.82) is 0 Å². The molecule has 2 rings (SSSR count). The van der Waals surface area contributed by atoms with Crippen molar-refractivity contribution in [2.45, 2.75) is 13.2 Å². The molecule has 0 aliphatic heterocycles. The van der Waals surface area contributed by atoms with E-state index in [0.29, 0.717) is 29.7 Å². The largest absolute Gasteiger partial charge is 0.484 e. The Kier molecular flexibility index (Phi) is 3.61. The topological polar surface area (TPSA) is 66.0 Å². The van der Waals surface area contributed by atoms with Crippen LogP contribution in [0.4, 0.5) is 0 Å². The molecule has 0 unspecified atom stereocenters. The average Bonchev–Trinajstić information content (AvgIpc) is 2.69. The molecule has 0 saturated carbocycles. The van der Waals surface area contributed by atoms with E-state index in [0.717, 1.165) is 5.82 Å². The second-order valence-electron chi connectivity index (χ2n) is 3.51. The summed E-state index contributed by atoms with van der Waals surface area (Å²) in [6.07, 6.45) is 0. The number of ether oxygens (including phenoxy) is 1. The third kappa shape index (κ3) is 2.57. The standard InChI is InChI=1S/C11H13ClN4O/c1-16-10(6-13)14-15-11(16)7-17-9-5-3-2-4-8(9)12/h2-5H,6-7,13H2,1H3. The average molecular weight is 253 g/mol. The lowest BCUT2D eigenvalue weighted by Gasteiger charge is -2.07. The number of rotatable bonds is 4. The van der Waals surface area contributed by atoms with Crippen molar-refractivity contribution in [3.63, 3.8) is 0 Å². The first-order valence-electron chi connectivity index (χ1n) is 5.17. The summed E-state index contributed by atoms with van der Waals surface area (Å²) in [6, 6.07) is 7.30. The van der Waals surface area contributed by atoms with Crippen LogP contribution in [0.5, 0.6) is 5.75 Å². The molecule has 2 N–H and O–H groups in total. The Bertz CT molecular complexity index is 512. The van der Waals surface area contributed by atoms with Crippen molar-refractivity contribution in [3.8, 4) is 5.75 Å². The van der Waals surface area contributed by atoms with Gasteiger partial charge in [-0.3, -0.25) is 0 Å². The van der Waals surface area contributed by atoms with E-state index < -0.39 is 0 Å². The molecule has 1 heterocycles. The van der Waals surface area contributed by atoms with E-state index in [2.05, 4.69) is 10.2 Å². The maximum absolute atomic E-state index is 5.97. The summed E-state index contributed by atoms with van der Waals surface area (Å²) < 4.78 is 7.38. The summed E-state index contributed by atoms with van der Waals surface area (Å²) in [5, 5.41) is 8.52. The molecule has 0 atom stereocenters. The molecule has 6 heteroatoms. The number of benzene rings is 1. The molecule has 0 radical (unpaired) electrons. The minimum Gasteiger partial charge on any atom is -0.484 e. The molecule has 0 fully saturated rings. The Balaban J connectivity index is 2.07. The van der Waals surface area contributed by atoms with Crippen LogP contribution in [0.25, 0.3) is 0 Å². The molecule has 1 aromatic carbocycles. The smallest absolute Gasteiger partial charge is 0.170 e. The molecule has 0 amide bonds. The van der Waals surface area contributed by atoms with Crippen molar-refractivity contribution >= 4 is 11.6 Å². The van der Waals surface area contributed by atoms with Crippen LogP contribution < -0.4 is 10.5 Å². The third-order valence-electron chi connectivity index (χ3n) is 2.43. The highest BCUT2D eigenvalue weighted by Crippen LogP contribution is 2.23. The SMILES string of the molecule is Cn1c(CN)nnc1COc1ccccc1Cl. The van der Waals surface area contributed by atoms with E-state index in [-0.39, 0.29) is 0 Å². The third-order valence-corrected chi connectivity index (χ3v) is 2.74. The first-order chi connectivity index (χ1) is 8.22. The highest BCUT2D eigenvalue weighted by atomic mass is 35.5. The molecule has 90 valence electrons. The number of nitrogens with two attached hydrogens (primary N) is 1. The highest BCUT2D eigenvalue weighted by molar-refractivity contribution is 6.32. The van der Waals surface area contributed by atoms with Gasteiger partial charge in [-0.25, -0.2) is 0 Å². The fourth-order valence-electron chi connectivity index (χ4n) is 1.41. The Hall–Kier alpha value is -1.59. The van der Waals surface area contributed by atoms with Crippen LogP contribution in [-0.2, 0) is 20.2 Å². The molecule has 0 spiro atoms.